The lowest BCUT2D eigenvalue weighted by Gasteiger charge is -2.10. The van der Waals surface area contributed by atoms with Crippen LogP contribution < -0.4 is 10.6 Å². The highest BCUT2D eigenvalue weighted by Crippen LogP contribution is 2.13. The van der Waals surface area contributed by atoms with Gasteiger partial charge in [-0.25, -0.2) is 4.98 Å². The number of hydrogen-bond donors (Lipinski definition) is 2. The first kappa shape index (κ1) is 15.5. The first-order valence-corrected chi connectivity index (χ1v) is 7.36. The molecule has 1 aliphatic rings. The van der Waals surface area contributed by atoms with Gasteiger partial charge in [-0.3, -0.25) is 4.79 Å². The molecule has 1 atom stereocenters. The Labute approximate surface area is 131 Å². The number of carbonyl (C=O) groups excluding carboxylic acids is 1. The Kier molecular flexibility index (Phi) is 5.72. The summed E-state index contributed by atoms with van der Waals surface area (Å²) in [6.07, 6.45) is 4.96. The molecule has 1 fully saturated rings. The second kappa shape index (κ2) is 7.76. The van der Waals surface area contributed by atoms with Gasteiger partial charge >= 0.3 is 0 Å². The zero-order valence-corrected chi connectivity index (χ0v) is 12.9. The summed E-state index contributed by atoms with van der Waals surface area (Å²) < 4.78 is 6.27. The Balaban J connectivity index is 1.90. The number of rotatable bonds is 5. The van der Waals surface area contributed by atoms with Crippen LogP contribution in [0.2, 0.25) is 0 Å². The van der Waals surface area contributed by atoms with Crippen molar-refractivity contribution < 1.29 is 9.53 Å². The third kappa shape index (κ3) is 4.85. The number of anilines is 1. The molecule has 0 aliphatic carbocycles. The minimum Gasteiger partial charge on any atom is -0.376 e. The van der Waals surface area contributed by atoms with Crippen LogP contribution in [-0.2, 0) is 9.53 Å². The molecule has 6 nitrogen and oxygen atoms in total. The van der Waals surface area contributed by atoms with Crippen LogP contribution in [-0.4, -0.2) is 30.1 Å². The van der Waals surface area contributed by atoms with E-state index in [1.807, 2.05) is 6.07 Å². The summed E-state index contributed by atoms with van der Waals surface area (Å²) in [7, 11) is 0. The molecule has 1 amide bonds. The molecule has 7 heteroatoms. The maximum Gasteiger partial charge on any atom is 0.263 e. The van der Waals surface area contributed by atoms with Gasteiger partial charge in [0.2, 0.25) is 0 Å². The normalized spacial score (nSPS) is 18.1. The molecular formula is C14H15BrN4O2. The van der Waals surface area contributed by atoms with Crippen molar-refractivity contribution in [1.82, 2.24) is 10.3 Å². The zero-order valence-electron chi connectivity index (χ0n) is 11.3. The molecule has 1 aliphatic heterocycles. The lowest BCUT2D eigenvalue weighted by molar-refractivity contribution is -0.117. The molecule has 0 bridgehead atoms. The van der Waals surface area contributed by atoms with Gasteiger partial charge in [0.1, 0.15) is 17.5 Å². The lowest BCUT2D eigenvalue weighted by Crippen LogP contribution is -2.32. The molecule has 1 saturated heterocycles. The topological polar surface area (TPSA) is 87.0 Å². The number of hydrogen-bond acceptors (Lipinski definition) is 5. The second-order valence-corrected chi connectivity index (χ2v) is 5.43. The van der Waals surface area contributed by atoms with Crippen molar-refractivity contribution in [1.29, 1.82) is 5.26 Å². The Morgan fingerprint density at radius 1 is 1.67 bits per heavy atom. The molecule has 110 valence electrons. The number of nitrogens with one attached hydrogen (secondary N) is 2. The summed E-state index contributed by atoms with van der Waals surface area (Å²) in [5.74, 6) is 0.125. The van der Waals surface area contributed by atoms with Crippen LogP contribution in [0, 0.1) is 11.3 Å². The molecule has 0 spiro atoms. The monoisotopic (exact) mass is 350 g/mol. The van der Waals surface area contributed by atoms with Gasteiger partial charge in [0.25, 0.3) is 5.91 Å². The third-order valence-electron chi connectivity index (χ3n) is 2.97. The molecule has 0 aromatic carbocycles. The Bertz CT molecular complexity index is 577. The van der Waals surface area contributed by atoms with Gasteiger partial charge in [0.15, 0.2) is 0 Å². The predicted octanol–water partition coefficient (Wildman–Crippen LogP) is 1.96. The minimum atomic E-state index is -0.421. The number of aromatic nitrogens is 1. The fourth-order valence-corrected chi connectivity index (χ4v) is 2.22. The van der Waals surface area contributed by atoms with E-state index in [-0.39, 0.29) is 11.7 Å². The maximum atomic E-state index is 11.9. The molecule has 1 aromatic rings. The number of carbonyl (C=O) groups is 1. The second-order valence-electron chi connectivity index (χ2n) is 4.52. The van der Waals surface area contributed by atoms with E-state index in [1.54, 1.807) is 18.3 Å². The average Bonchev–Trinajstić information content (AvgIpc) is 2.99. The van der Waals surface area contributed by atoms with Crippen molar-refractivity contribution >= 4 is 27.7 Å². The summed E-state index contributed by atoms with van der Waals surface area (Å²) in [5, 5.41) is 14.6. The zero-order chi connectivity index (χ0) is 15.1. The summed E-state index contributed by atoms with van der Waals surface area (Å²) in [5.41, 5.74) is -0.00484. The van der Waals surface area contributed by atoms with Gasteiger partial charge in [-0.05, 0) is 25.0 Å². The molecule has 2 N–H and O–H groups in total. The maximum absolute atomic E-state index is 11.9. The summed E-state index contributed by atoms with van der Waals surface area (Å²) in [4.78, 5) is 16.0. The molecule has 0 saturated carbocycles. The van der Waals surface area contributed by atoms with Crippen LogP contribution >= 0.6 is 15.9 Å². The van der Waals surface area contributed by atoms with Crippen molar-refractivity contribution in [3.63, 3.8) is 0 Å². The number of amides is 1. The average molecular weight is 351 g/mol. The van der Waals surface area contributed by atoms with Gasteiger partial charge in [-0.1, -0.05) is 15.9 Å². The molecule has 2 heterocycles. The molecule has 21 heavy (non-hydrogen) atoms. The first-order chi connectivity index (χ1) is 10.2. The van der Waals surface area contributed by atoms with Crippen LogP contribution in [0.15, 0.2) is 34.6 Å². The number of halogens is 1. The SMILES string of the molecule is N#C/C(=C/Nc1cc(Br)ccn1)C(=O)NCC1CCCO1. The minimum absolute atomic E-state index is 0.00484. The molecule has 2 rings (SSSR count). The van der Waals surface area contributed by atoms with Crippen LogP contribution in [0.1, 0.15) is 12.8 Å². The van der Waals surface area contributed by atoms with Crippen molar-refractivity contribution in [2.45, 2.75) is 18.9 Å². The third-order valence-corrected chi connectivity index (χ3v) is 3.46. The van der Waals surface area contributed by atoms with E-state index < -0.39 is 5.91 Å². The van der Waals surface area contributed by atoms with Crippen LogP contribution in [0.4, 0.5) is 5.82 Å². The van der Waals surface area contributed by atoms with E-state index in [2.05, 4.69) is 31.5 Å². The molecular weight excluding hydrogens is 336 g/mol. The van der Waals surface area contributed by atoms with E-state index in [0.29, 0.717) is 12.4 Å². The van der Waals surface area contributed by atoms with Crippen LogP contribution in [0.25, 0.3) is 0 Å². The van der Waals surface area contributed by atoms with E-state index >= 15 is 0 Å². The van der Waals surface area contributed by atoms with Gasteiger partial charge in [0, 0.05) is 30.0 Å². The highest BCUT2D eigenvalue weighted by molar-refractivity contribution is 9.10. The Hall–Kier alpha value is -1.91. The van der Waals surface area contributed by atoms with Gasteiger partial charge in [-0.15, -0.1) is 0 Å². The molecule has 1 unspecified atom stereocenters. The molecule has 0 radical (unpaired) electrons. The summed E-state index contributed by atoms with van der Waals surface area (Å²) in [6.45, 7) is 1.16. The van der Waals surface area contributed by atoms with E-state index in [9.17, 15) is 4.79 Å². The smallest absolute Gasteiger partial charge is 0.263 e. The van der Waals surface area contributed by atoms with Gasteiger partial charge in [0.05, 0.1) is 6.10 Å². The summed E-state index contributed by atoms with van der Waals surface area (Å²) >= 11 is 3.32. The quantitative estimate of drug-likeness (QED) is 0.626. The Morgan fingerprint density at radius 3 is 3.19 bits per heavy atom. The van der Waals surface area contributed by atoms with Crippen molar-refractivity contribution in [3.05, 3.63) is 34.6 Å². The van der Waals surface area contributed by atoms with E-state index in [4.69, 9.17) is 10.00 Å². The predicted molar refractivity (Wildman–Crippen MR) is 81.2 cm³/mol. The van der Waals surface area contributed by atoms with Crippen molar-refractivity contribution in [2.24, 2.45) is 0 Å². The number of pyridine rings is 1. The standard InChI is InChI=1S/C14H15BrN4O2/c15-11-3-4-17-13(6-11)18-8-10(7-16)14(20)19-9-12-2-1-5-21-12/h3-4,6,8,12H,1-2,5,9H2,(H,17,18)(H,19,20)/b10-8-. The van der Waals surface area contributed by atoms with E-state index in [1.165, 1.54) is 6.20 Å². The van der Waals surface area contributed by atoms with Crippen LogP contribution in [0.5, 0.6) is 0 Å². The van der Waals surface area contributed by atoms with Crippen LogP contribution in [0.3, 0.4) is 0 Å². The number of nitrogens with zero attached hydrogens (tertiary/aromatic N) is 2. The largest absolute Gasteiger partial charge is 0.376 e. The highest BCUT2D eigenvalue weighted by atomic mass is 79.9. The number of ether oxygens (including phenoxy) is 1. The summed E-state index contributed by atoms with van der Waals surface area (Å²) in [6, 6.07) is 5.40. The fraction of sp³-hybridized carbons (Fsp3) is 0.357. The molecule has 1 aromatic heterocycles. The Morgan fingerprint density at radius 2 is 2.52 bits per heavy atom. The van der Waals surface area contributed by atoms with Crippen molar-refractivity contribution in [2.75, 3.05) is 18.5 Å². The van der Waals surface area contributed by atoms with Crippen molar-refractivity contribution in [3.8, 4) is 6.07 Å². The lowest BCUT2D eigenvalue weighted by atomic mass is 10.2. The van der Waals surface area contributed by atoms with Gasteiger partial charge in [-0.2, -0.15) is 5.26 Å². The first-order valence-electron chi connectivity index (χ1n) is 6.57. The number of nitriles is 1. The fourth-order valence-electron chi connectivity index (χ4n) is 1.89. The van der Waals surface area contributed by atoms with E-state index in [0.717, 1.165) is 23.9 Å². The highest BCUT2D eigenvalue weighted by Gasteiger charge is 2.17. The van der Waals surface area contributed by atoms with Gasteiger partial charge < -0.3 is 15.4 Å².